The molecule has 1 N–H and O–H groups in total. The Morgan fingerprint density at radius 1 is 1.44 bits per heavy atom. The standard InChI is InChI=1S/C15H26N2S/c1-13(11-15-8-6-10-18-15)17(2)12-14-7-4-3-5-9-16-14/h6,8,10,13-14,16H,3-5,7,9,11-12H2,1-2H3. The molecule has 0 aromatic carbocycles. The number of thiophene rings is 1. The van der Waals surface area contributed by atoms with Crippen LogP contribution in [0.3, 0.4) is 0 Å². The average Bonchev–Trinajstić information content (AvgIpc) is 2.72. The van der Waals surface area contributed by atoms with Crippen LogP contribution >= 0.6 is 11.3 Å². The van der Waals surface area contributed by atoms with Gasteiger partial charge in [-0.05, 0) is 51.2 Å². The molecule has 2 unspecified atom stereocenters. The first-order chi connectivity index (χ1) is 8.75. The van der Waals surface area contributed by atoms with E-state index < -0.39 is 0 Å². The fourth-order valence-corrected chi connectivity index (χ4v) is 3.49. The van der Waals surface area contributed by atoms with E-state index in [-0.39, 0.29) is 0 Å². The first-order valence-corrected chi connectivity index (χ1v) is 8.09. The molecule has 3 heteroatoms. The van der Waals surface area contributed by atoms with Gasteiger partial charge in [0.15, 0.2) is 0 Å². The fourth-order valence-electron chi connectivity index (χ4n) is 2.66. The fraction of sp³-hybridized carbons (Fsp3) is 0.733. The van der Waals surface area contributed by atoms with Gasteiger partial charge in [-0.1, -0.05) is 18.9 Å². The molecule has 0 saturated carbocycles. The summed E-state index contributed by atoms with van der Waals surface area (Å²) in [6.45, 7) is 4.74. The van der Waals surface area contributed by atoms with E-state index in [1.165, 1.54) is 50.1 Å². The Bertz CT molecular complexity index is 315. The van der Waals surface area contributed by atoms with E-state index in [9.17, 15) is 0 Å². The lowest BCUT2D eigenvalue weighted by Crippen LogP contribution is -2.43. The Morgan fingerprint density at radius 3 is 3.11 bits per heavy atom. The van der Waals surface area contributed by atoms with Gasteiger partial charge in [-0.25, -0.2) is 0 Å². The zero-order chi connectivity index (χ0) is 12.8. The van der Waals surface area contributed by atoms with Crippen LogP contribution in [0.1, 0.15) is 37.5 Å². The molecule has 2 heterocycles. The number of nitrogens with zero attached hydrogens (tertiary/aromatic N) is 1. The van der Waals surface area contributed by atoms with Gasteiger partial charge in [-0.2, -0.15) is 0 Å². The van der Waals surface area contributed by atoms with E-state index in [0.717, 1.165) is 0 Å². The summed E-state index contributed by atoms with van der Waals surface area (Å²) < 4.78 is 0. The molecule has 2 rings (SSSR count). The molecular weight excluding hydrogens is 240 g/mol. The van der Waals surface area contributed by atoms with Gasteiger partial charge in [0.1, 0.15) is 0 Å². The van der Waals surface area contributed by atoms with Gasteiger partial charge in [0.25, 0.3) is 0 Å². The van der Waals surface area contributed by atoms with Crippen LogP contribution in [0.5, 0.6) is 0 Å². The molecule has 1 aromatic rings. The first-order valence-electron chi connectivity index (χ1n) is 7.21. The summed E-state index contributed by atoms with van der Waals surface area (Å²) in [7, 11) is 2.27. The predicted octanol–water partition coefficient (Wildman–Crippen LogP) is 3.14. The zero-order valence-electron chi connectivity index (χ0n) is 11.7. The van der Waals surface area contributed by atoms with E-state index in [4.69, 9.17) is 0 Å². The summed E-state index contributed by atoms with van der Waals surface area (Å²) in [5.41, 5.74) is 0. The van der Waals surface area contributed by atoms with Gasteiger partial charge in [-0.3, -0.25) is 0 Å². The van der Waals surface area contributed by atoms with Crippen molar-refractivity contribution in [3.05, 3.63) is 22.4 Å². The minimum absolute atomic E-state index is 0.633. The number of nitrogens with one attached hydrogen (secondary N) is 1. The Kier molecular flexibility index (Phi) is 5.67. The van der Waals surface area contributed by atoms with Crippen molar-refractivity contribution in [2.75, 3.05) is 20.1 Å². The third-order valence-electron chi connectivity index (χ3n) is 4.00. The van der Waals surface area contributed by atoms with Crippen LogP contribution in [-0.2, 0) is 6.42 Å². The summed E-state index contributed by atoms with van der Waals surface area (Å²) >= 11 is 1.88. The lowest BCUT2D eigenvalue weighted by Gasteiger charge is -2.29. The Balaban J connectivity index is 1.77. The second-order valence-corrected chi connectivity index (χ2v) is 6.60. The van der Waals surface area contributed by atoms with E-state index in [1.807, 2.05) is 11.3 Å². The minimum atomic E-state index is 0.633. The van der Waals surface area contributed by atoms with Crippen LogP contribution in [-0.4, -0.2) is 37.1 Å². The monoisotopic (exact) mass is 266 g/mol. The van der Waals surface area contributed by atoms with Crippen molar-refractivity contribution >= 4 is 11.3 Å². The molecule has 1 aliphatic heterocycles. The van der Waals surface area contributed by atoms with Crippen molar-refractivity contribution in [1.82, 2.24) is 10.2 Å². The van der Waals surface area contributed by atoms with Crippen molar-refractivity contribution < 1.29 is 0 Å². The normalized spacial score (nSPS) is 22.9. The smallest absolute Gasteiger partial charge is 0.0195 e. The molecule has 1 aliphatic rings. The van der Waals surface area contributed by atoms with Gasteiger partial charge >= 0.3 is 0 Å². The van der Waals surface area contributed by atoms with Gasteiger partial charge in [0, 0.05) is 23.5 Å². The van der Waals surface area contributed by atoms with Crippen LogP contribution in [0.4, 0.5) is 0 Å². The van der Waals surface area contributed by atoms with E-state index >= 15 is 0 Å². The highest BCUT2D eigenvalue weighted by Gasteiger charge is 2.17. The maximum atomic E-state index is 3.69. The van der Waals surface area contributed by atoms with E-state index in [1.54, 1.807) is 0 Å². The quantitative estimate of drug-likeness (QED) is 0.881. The summed E-state index contributed by atoms with van der Waals surface area (Å²) in [5.74, 6) is 0. The molecule has 0 bridgehead atoms. The van der Waals surface area contributed by atoms with Crippen molar-refractivity contribution in [3.8, 4) is 0 Å². The third-order valence-corrected chi connectivity index (χ3v) is 4.90. The van der Waals surface area contributed by atoms with E-state index in [2.05, 4.69) is 41.7 Å². The molecule has 1 saturated heterocycles. The average molecular weight is 266 g/mol. The van der Waals surface area contributed by atoms with Gasteiger partial charge < -0.3 is 10.2 Å². The number of likely N-dealkylation sites (N-methyl/N-ethyl adjacent to an activating group) is 1. The molecule has 0 radical (unpaired) electrons. The zero-order valence-corrected chi connectivity index (χ0v) is 12.5. The Labute approximate surface area is 115 Å². The van der Waals surface area contributed by atoms with Crippen molar-refractivity contribution in [2.24, 2.45) is 0 Å². The van der Waals surface area contributed by atoms with Crippen LogP contribution in [0.25, 0.3) is 0 Å². The summed E-state index contributed by atoms with van der Waals surface area (Å²) in [5, 5.41) is 5.86. The lowest BCUT2D eigenvalue weighted by molar-refractivity contribution is 0.225. The highest BCUT2D eigenvalue weighted by atomic mass is 32.1. The second-order valence-electron chi connectivity index (χ2n) is 5.57. The third kappa shape index (κ3) is 4.38. The topological polar surface area (TPSA) is 15.3 Å². The largest absolute Gasteiger partial charge is 0.313 e. The molecule has 2 atom stereocenters. The predicted molar refractivity (Wildman–Crippen MR) is 80.4 cm³/mol. The molecule has 0 aliphatic carbocycles. The number of hydrogen-bond acceptors (Lipinski definition) is 3. The molecule has 1 aromatic heterocycles. The van der Waals surface area contributed by atoms with E-state index in [0.29, 0.717) is 12.1 Å². The van der Waals surface area contributed by atoms with Crippen LogP contribution in [0, 0.1) is 0 Å². The van der Waals surface area contributed by atoms with Gasteiger partial charge in [0.2, 0.25) is 0 Å². The maximum absolute atomic E-state index is 3.69. The summed E-state index contributed by atoms with van der Waals surface area (Å²) in [6, 6.07) is 5.73. The summed E-state index contributed by atoms with van der Waals surface area (Å²) in [4.78, 5) is 4.02. The van der Waals surface area contributed by atoms with Crippen molar-refractivity contribution in [2.45, 2.75) is 51.1 Å². The number of hydrogen-bond donors (Lipinski definition) is 1. The van der Waals surface area contributed by atoms with Gasteiger partial charge in [0.05, 0.1) is 0 Å². The SMILES string of the molecule is CC(Cc1cccs1)N(C)CC1CCCCCN1. The highest BCUT2D eigenvalue weighted by molar-refractivity contribution is 7.09. The molecule has 0 spiro atoms. The summed E-state index contributed by atoms with van der Waals surface area (Å²) in [6.07, 6.45) is 6.67. The highest BCUT2D eigenvalue weighted by Crippen LogP contribution is 2.15. The van der Waals surface area contributed by atoms with Crippen LogP contribution in [0.2, 0.25) is 0 Å². The van der Waals surface area contributed by atoms with Crippen molar-refractivity contribution in [3.63, 3.8) is 0 Å². The number of rotatable bonds is 5. The molecule has 2 nitrogen and oxygen atoms in total. The Morgan fingerprint density at radius 2 is 2.33 bits per heavy atom. The molecule has 0 amide bonds. The van der Waals surface area contributed by atoms with Gasteiger partial charge in [-0.15, -0.1) is 11.3 Å². The molecule has 102 valence electrons. The molecular formula is C15H26N2S. The maximum Gasteiger partial charge on any atom is 0.0195 e. The van der Waals surface area contributed by atoms with Crippen LogP contribution in [0.15, 0.2) is 17.5 Å². The Hall–Kier alpha value is -0.380. The molecule has 18 heavy (non-hydrogen) atoms. The second kappa shape index (κ2) is 7.27. The lowest BCUT2D eigenvalue weighted by atomic mass is 10.1. The van der Waals surface area contributed by atoms with Crippen molar-refractivity contribution in [1.29, 1.82) is 0 Å². The minimum Gasteiger partial charge on any atom is -0.313 e. The van der Waals surface area contributed by atoms with Crippen LogP contribution < -0.4 is 5.32 Å². The molecule has 1 fully saturated rings. The first kappa shape index (κ1) is 14.0.